The third kappa shape index (κ3) is 3.93. The van der Waals surface area contributed by atoms with Gasteiger partial charge in [0.2, 0.25) is 0 Å². The zero-order valence-electron chi connectivity index (χ0n) is 10.8. The topological polar surface area (TPSA) is 0 Å². The maximum atomic E-state index is 3.78. The summed E-state index contributed by atoms with van der Waals surface area (Å²) in [4.78, 5) is 0.211. The van der Waals surface area contributed by atoms with Crippen molar-refractivity contribution in [3.63, 3.8) is 0 Å². The van der Waals surface area contributed by atoms with Crippen LogP contribution in [0.25, 0.3) is 0 Å². The SMILES string of the molecule is CC(C)c1ccc(C(Br)c2cc(Br)cc(Br)c2)cc1. The molecule has 0 aliphatic carbocycles. The van der Waals surface area contributed by atoms with Crippen LogP contribution in [0.4, 0.5) is 0 Å². The molecule has 0 bridgehead atoms. The lowest BCUT2D eigenvalue weighted by Gasteiger charge is -2.13. The summed E-state index contributed by atoms with van der Waals surface area (Å²) in [5, 5.41) is 0. The molecule has 0 nitrogen and oxygen atoms in total. The van der Waals surface area contributed by atoms with Crippen LogP contribution in [0.3, 0.4) is 0 Å². The highest BCUT2D eigenvalue weighted by molar-refractivity contribution is 9.11. The Labute approximate surface area is 140 Å². The highest BCUT2D eigenvalue weighted by Crippen LogP contribution is 2.34. The van der Waals surface area contributed by atoms with Gasteiger partial charge in [-0.05, 0) is 40.8 Å². The number of benzene rings is 2. The van der Waals surface area contributed by atoms with Crippen LogP contribution < -0.4 is 0 Å². The summed E-state index contributed by atoms with van der Waals surface area (Å²) in [6.07, 6.45) is 0. The van der Waals surface area contributed by atoms with Gasteiger partial charge in [-0.15, -0.1) is 0 Å². The van der Waals surface area contributed by atoms with Crippen LogP contribution in [0.15, 0.2) is 51.4 Å². The van der Waals surface area contributed by atoms with E-state index < -0.39 is 0 Å². The maximum absolute atomic E-state index is 3.78. The van der Waals surface area contributed by atoms with Crippen molar-refractivity contribution < 1.29 is 0 Å². The van der Waals surface area contributed by atoms with Gasteiger partial charge in [0.1, 0.15) is 0 Å². The summed E-state index contributed by atoms with van der Waals surface area (Å²) in [5.74, 6) is 0.572. The maximum Gasteiger partial charge on any atom is 0.0645 e. The largest absolute Gasteiger partial charge is 0.0786 e. The standard InChI is InChI=1S/C16H15Br3/c1-10(2)11-3-5-12(6-4-11)16(19)13-7-14(17)9-15(18)8-13/h3-10,16H,1-2H3. The molecular weight excluding hydrogens is 432 g/mol. The van der Waals surface area contributed by atoms with Crippen molar-refractivity contribution in [3.8, 4) is 0 Å². The van der Waals surface area contributed by atoms with E-state index in [9.17, 15) is 0 Å². The molecule has 0 saturated carbocycles. The minimum atomic E-state index is 0.211. The van der Waals surface area contributed by atoms with E-state index in [1.54, 1.807) is 0 Å². The Morgan fingerprint density at radius 3 is 1.68 bits per heavy atom. The first-order valence-corrected chi connectivity index (χ1v) is 8.67. The quantitative estimate of drug-likeness (QED) is 0.454. The lowest BCUT2D eigenvalue weighted by Crippen LogP contribution is -1.94. The summed E-state index contributed by atoms with van der Waals surface area (Å²) in [6, 6.07) is 15.1. The molecule has 0 aromatic heterocycles. The third-order valence-electron chi connectivity index (χ3n) is 3.07. The summed E-state index contributed by atoms with van der Waals surface area (Å²) in [5.41, 5.74) is 3.88. The fourth-order valence-corrected chi connectivity index (χ4v) is 3.86. The zero-order valence-corrected chi connectivity index (χ0v) is 15.6. The van der Waals surface area contributed by atoms with Crippen molar-refractivity contribution in [2.75, 3.05) is 0 Å². The average molecular weight is 447 g/mol. The molecule has 0 saturated heterocycles. The third-order valence-corrected chi connectivity index (χ3v) is 5.05. The second-order valence-corrected chi connectivity index (χ2v) is 7.63. The van der Waals surface area contributed by atoms with Gasteiger partial charge in [-0.25, -0.2) is 0 Å². The Balaban J connectivity index is 2.30. The Bertz CT molecular complexity index is 538. The molecular formula is C16H15Br3. The van der Waals surface area contributed by atoms with Crippen molar-refractivity contribution in [2.24, 2.45) is 0 Å². The van der Waals surface area contributed by atoms with Crippen LogP contribution in [-0.2, 0) is 0 Å². The van der Waals surface area contributed by atoms with E-state index in [0.29, 0.717) is 5.92 Å². The van der Waals surface area contributed by atoms with Crippen molar-refractivity contribution in [1.82, 2.24) is 0 Å². The molecule has 0 radical (unpaired) electrons. The average Bonchev–Trinajstić information content (AvgIpc) is 2.37. The first kappa shape index (κ1) is 15.3. The minimum Gasteiger partial charge on any atom is -0.0786 e. The smallest absolute Gasteiger partial charge is 0.0645 e. The van der Waals surface area contributed by atoms with E-state index in [0.717, 1.165) is 8.95 Å². The van der Waals surface area contributed by atoms with E-state index in [4.69, 9.17) is 0 Å². The van der Waals surface area contributed by atoms with Gasteiger partial charge in [0.25, 0.3) is 0 Å². The normalized spacial score (nSPS) is 12.7. The molecule has 0 aliphatic rings. The molecule has 19 heavy (non-hydrogen) atoms. The molecule has 2 aromatic carbocycles. The van der Waals surface area contributed by atoms with Crippen LogP contribution >= 0.6 is 47.8 Å². The van der Waals surface area contributed by atoms with Crippen molar-refractivity contribution in [3.05, 3.63) is 68.1 Å². The van der Waals surface area contributed by atoms with E-state index in [1.165, 1.54) is 16.7 Å². The fraction of sp³-hybridized carbons (Fsp3) is 0.250. The van der Waals surface area contributed by atoms with Gasteiger partial charge in [-0.2, -0.15) is 0 Å². The molecule has 2 aromatic rings. The molecule has 0 fully saturated rings. The van der Waals surface area contributed by atoms with Crippen LogP contribution in [0.1, 0.15) is 41.3 Å². The predicted molar refractivity (Wildman–Crippen MR) is 93.1 cm³/mol. The second kappa shape index (κ2) is 6.55. The monoisotopic (exact) mass is 444 g/mol. The molecule has 1 unspecified atom stereocenters. The number of hydrogen-bond acceptors (Lipinski definition) is 0. The summed E-state index contributed by atoms with van der Waals surface area (Å²) < 4.78 is 2.17. The Morgan fingerprint density at radius 1 is 0.737 bits per heavy atom. The lowest BCUT2D eigenvalue weighted by atomic mass is 9.99. The van der Waals surface area contributed by atoms with Crippen LogP contribution in [0.2, 0.25) is 0 Å². The Morgan fingerprint density at radius 2 is 1.21 bits per heavy atom. The molecule has 0 amide bonds. The Hall–Kier alpha value is -0.120. The molecule has 0 heterocycles. The van der Waals surface area contributed by atoms with E-state index >= 15 is 0 Å². The molecule has 0 N–H and O–H groups in total. The van der Waals surface area contributed by atoms with Gasteiger partial charge in [-0.1, -0.05) is 85.9 Å². The molecule has 1 atom stereocenters. The van der Waals surface area contributed by atoms with E-state index in [2.05, 4.69) is 98.0 Å². The number of halogens is 3. The highest BCUT2D eigenvalue weighted by atomic mass is 79.9. The molecule has 2 rings (SSSR count). The van der Waals surface area contributed by atoms with Gasteiger partial charge < -0.3 is 0 Å². The number of rotatable bonds is 3. The Kier molecular flexibility index (Phi) is 5.27. The van der Waals surface area contributed by atoms with Crippen molar-refractivity contribution in [2.45, 2.75) is 24.6 Å². The van der Waals surface area contributed by atoms with Gasteiger partial charge >= 0.3 is 0 Å². The first-order valence-electron chi connectivity index (χ1n) is 6.17. The lowest BCUT2D eigenvalue weighted by molar-refractivity contribution is 0.865. The van der Waals surface area contributed by atoms with Gasteiger partial charge in [0.15, 0.2) is 0 Å². The predicted octanol–water partition coefficient (Wildman–Crippen LogP) is 6.82. The fourth-order valence-electron chi connectivity index (χ4n) is 1.96. The van der Waals surface area contributed by atoms with E-state index in [1.807, 2.05) is 6.07 Å². The highest BCUT2D eigenvalue weighted by Gasteiger charge is 2.12. The van der Waals surface area contributed by atoms with Crippen molar-refractivity contribution in [1.29, 1.82) is 0 Å². The number of hydrogen-bond donors (Lipinski definition) is 0. The van der Waals surface area contributed by atoms with Crippen LogP contribution in [0.5, 0.6) is 0 Å². The van der Waals surface area contributed by atoms with Crippen LogP contribution in [0, 0.1) is 0 Å². The first-order chi connectivity index (χ1) is 8.97. The van der Waals surface area contributed by atoms with Gasteiger partial charge in [-0.3, -0.25) is 0 Å². The van der Waals surface area contributed by atoms with Gasteiger partial charge in [0, 0.05) is 8.95 Å². The molecule has 100 valence electrons. The zero-order chi connectivity index (χ0) is 14.0. The van der Waals surface area contributed by atoms with E-state index in [-0.39, 0.29) is 4.83 Å². The summed E-state index contributed by atoms with van der Waals surface area (Å²) in [6.45, 7) is 4.43. The number of alkyl halides is 1. The summed E-state index contributed by atoms with van der Waals surface area (Å²) in [7, 11) is 0. The molecule has 3 heteroatoms. The molecule has 0 aliphatic heterocycles. The molecule has 0 spiro atoms. The van der Waals surface area contributed by atoms with Crippen LogP contribution in [-0.4, -0.2) is 0 Å². The minimum absolute atomic E-state index is 0.211. The van der Waals surface area contributed by atoms with Gasteiger partial charge in [0.05, 0.1) is 4.83 Å². The van der Waals surface area contributed by atoms with Crippen molar-refractivity contribution >= 4 is 47.8 Å². The summed E-state index contributed by atoms with van der Waals surface area (Å²) >= 11 is 10.8. The second-order valence-electron chi connectivity index (χ2n) is 4.89.